The largest absolute Gasteiger partial charge is 0.367 e. The van der Waals surface area contributed by atoms with Crippen molar-refractivity contribution in [1.29, 1.82) is 0 Å². The molecule has 5 heteroatoms. The minimum Gasteiger partial charge on any atom is -0.367 e. The molecule has 1 aromatic carbocycles. The third-order valence-corrected chi connectivity index (χ3v) is 4.33. The van der Waals surface area contributed by atoms with E-state index in [0.717, 1.165) is 30.5 Å². The predicted molar refractivity (Wildman–Crippen MR) is 90.2 cm³/mol. The second kappa shape index (κ2) is 8.66. The number of carbonyl (C=O) groups is 1. The average Bonchev–Trinajstić information content (AvgIpc) is 2.90. The first kappa shape index (κ1) is 16.6. The Kier molecular flexibility index (Phi) is 6.55. The Morgan fingerprint density at radius 1 is 1.27 bits per heavy atom. The molecule has 0 aliphatic rings. The van der Waals surface area contributed by atoms with E-state index in [9.17, 15) is 4.79 Å². The molecule has 22 heavy (non-hydrogen) atoms. The lowest BCUT2D eigenvalue weighted by Crippen LogP contribution is -2.18. The van der Waals surface area contributed by atoms with Crippen molar-refractivity contribution in [3.63, 3.8) is 0 Å². The van der Waals surface area contributed by atoms with Crippen LogP contribution in [-0.2, 0) is 29.0 Å². The molecule has 0 fully saturated rings. The van der Waals surface area contributed by atoms with Gasteiger partial charge in [-0.15, -0.1) is 11.3 Å². The van der Waals surface area contributed by atoms with Crippen molar-refractivity contribution in [3.05, 3.63) is 46.5 Å². The van der Waals surface area contributed by atoms with Crippen molar-refractivity contribution in [3.8, 4) is 0 Å². The smallest absolute Gasteiger partial charge is 0.252 e. The zero-order valence-corrected chi connectivity index (χ0v) is 13.9. The summed E-state index contributed by atoms with van der Waals surface area (Å²) in [6, 6.07) is 9.82. The van der Waals surface area contributed by atoms with Crippen LogP contribution in [-0.4, -0.2) is 17.5 Å². The van der Waals surface area contributed by atoms with Crippen LogP contribution in [0.15, 0.2) is 30.3 Å². The van der Waals surface area contributed by atoms with Crippen molar-refractivity contribution < 1.29 is 9.53 Å². The summed E-state index contributed by atoms with van der Waals surface area (Å²) in [5, 5.41) is 3.50. The number of carbonyl (C=O) groups excluding carboxylic acids is 1. The van der Waals surface area contributed by atoms with Gasteiger partial charge < -0.3 is 4.74 Å². The molecule has 1 heterocycles. The standard InChI is InChI=1S/C17H22N2O2S/c1-3-8-14-15(4-2)22-17(18-14)19-16(20)12-21-11-13-9-6-5-7-10-13/h5-7,9-10H,3-4,8,11-12H2,1-2H3,(H,18,19,20). The van der Waals surface area contributed by atoms with E-state index in [1.807, 2.05) is 30.3 Å². The number of hydrogen-bond donors (Lipinski definition) is 1. The van der Waals surface area contributed by atoms with Gasteiger partial charge in [0.25, 0.3) is 5.91 Å². The van der Waals surface area contributed by atoms with E-state index < -0.39 is 0 Å². The molecule has 0 aliphatic carbocycles. The number of ether oxygens (including phenoxy) is 1. The van der Waals surface area contributed by atoms with Gasteiger partial charge in [-0.05, 0) is 18.4 Å². The van der Waals surface area contributed by atoms with Gasteiger partial charge in [0, 0.05) is 4.88 Å². The van der Waals surface area contributed by atoms with Crippen LogP contribution in [0.2, 0.25) is 0 Å². The Hall–Kier alpha value is -1.72. The molecule has 0 aliphatic heterocycles. The van der Waals surface area contributed by atoms with Crippen molar-refractivity contribution in [2.75, 3.05) is 11.9 Å². The van der Waals surface area contributed by atoms with Crippen LogP contribution in [0.4, 0.5) is 5.13 Å². The molecule has 2 rings (SSSR count). The van der Waals surface area contributed by atoms with Crippen LogP contribution < -0.4 is 5.32 Å². The number of nitrogens with zero attached hydrogens (tertiary/aromatic N) is 1. The van der Waals surface area contributed by atoms with Crippen LogP contribution >= 0.6 is 11.3 Å². The molecule has 4 nitrogen and oxygen atoms in total. The van der Waals surface area contributed by atoms with Crippen LogP contribution in [0.25, 0.3) is 0 Å². The third kappa shape index (κ3) is 4.93. The monoisotopic (exact) mass is 318 g/mol. The zero-order chi connectivity index (χ0) is 15.8. The van der Waals surface area contributed by atoms with Gasteiger partial charge in [0.2, 0.25) is 0 Å². The van der Waals surface area contributed by atoms with Gasteiger partial charge in [0.1, 0.15) is 6.61 Å². The van der Waals surface area contributed by atoms with E-state index >= 15 is 0 Å². The Bertz CT molecular complexity index is 596. The van der Waals surface area contributed by atoms with Crippen molar-refractivity contribution in [2.24, 2.45) is 0 Å². The number of aryl methyl sites for hydroxylation is 2. The summed E-state index contributed by atoms with van der Waals surface area (Å²) in [5.74, 6) is -0.157. The fourth-order valence-corrected chi connectivity index (χ4v) is 3.10. The maximum Gasteiger partial charge on any atom is 0.252 e. The molecule has 0 radical (unpaired) electrons. The van der Waals surface area contributed by atoms with E-state index in [1.165, 1.54) is 4.88 Å². The summed E-state index contributed by atoms with van der Waals surface area (Å²) in [4.78, 5) is 17.7. The maximum absolute atomic E-state index is 11.9. The summed E-state index contributed by atoms with van der Waals surface area (Å²) >= 11 is 1.56. The lowest BCUT2D eigenvalue weighted by Gasteiger charge is -2.04. The van der Waals surface area contributed by atoms with Crippen molar-refractivity contribution >= 4 is 22.4 Å². The van der Waals surface area contributed by atoms with Gasteiger partial charge in [0.05, 0.1) is 12.3 Å². The molecule has 0 saturated heterocycles. The van der Waals surface area contributed by atoms with E-state index in [-0.39, 0.29) is 12.5 Å². The quantitative estimate of drug-likeness (QED) is 0.805. The Labute approximate surface area is 135 Å². The number of benzene rings is 1. The van der Waals surface area contributed by atoms with Gasteiger partial charge in [-0.25, -0.2) is 4.98 Å². The average molecular weight is 318 g/mol. The molecule has 1 N–H and O–H groups in total. The lowest BCUT2D eigenvalue weighted by molar-refractivity contribution is -0.121. The van der Waals surface area contributed by atoms with Crippen LogP contribution in [0, 0.1) is 0 Å². The highest BCUT2D eigenvalue weighted by atomic mass is 32.1. The lowest BCUT2D eigenvalue weighted by atomic mass is 10.2. The Morgan fingerprint density at radius 2 is 2.05 bits per heavy atom. The molecule has 1 amide bonds. The number of nitrogens with one attached hydrogen (secondary N) is 1. The minimum absolute atomic E-state index is 0.0407. The summed E-state index contributed by atoms with van der Waals surface area (Å²) in [7, 11) is 0. The topological polar surface area (TPSA) is 51.2 Å². The van der Waals surface area contributed by atoms with E-state index in [4.69, 9.17) is 4.74 Å². The van der Waals surface area contributed by atoms with Crippen LogP contribution in [0.3, 0.4) is 0 Å². The molecular weight excluding hydrogens is 296 g/mol. The van der Waals surface area contributed by atoms with Crippen molar-refractivity contribution in [1.82, 2.24) is 4.98 Å². The molecule has 118 valence electrons. The first-order valence-electron chi connectivity index (χ1n) is 7.63. The number of anilines is 1. The molecule has 1 aromatic heterocycles. The summed E-state index contributed by atoms with van der Waals surface area (Å²) in [6.45, 7) is 4.72. The van der Waals surface area contributed by atoms with Gasteiger partial charge in [-0.1, -0.05) is 50.6 Å². The van der Waals surface area contributed by atoms with E-state index in [1.54, 1.807) is 11.3 Å². The number of hydrogen-bond acceptors (Lipinski definition) is 4. The number of aromatic nitrogens is 1. The molecule has 0 unspecified atom stereocenters. The van der Waals surface area contributed by atoms with E-state index in [2.05, 4.69) is 24.1 Å². The number of amides is 1. The van der Waals surface area contributed by atoms with Gasteiger partial charge in [0.15, 0.2) is 5.13 Å². The highest BCUT2D eigenvalue weighted by Gasteiger charge is 2.11. The molecule has 2 aromatic rings. The fourth-order valence-electron chi connectivity index (χ4n) is 2.14. The first-order valence-corrected chi connectivity index (χ1v) is 8.44. The van der Waals surface area contributed by atoms with Crippen LogP contribution in [0.1, 0.15) is 36.4 Å². The molecular formula is C17H22N2O2S. The molecule has 0 spiro atoms. The normalized spacial score (nSPS) is 10.6. The van der Waals surface area contributed by atoms with E-state index in [0.29, 0.717) is 11.7 Å². The molecule has 0 saturated carbocycles. The summed E-state index contributed by atoms with van der Waals surface area (Å²) < 4.78 is 5.43. The fraction of sp³-hybridized carbons (Fsp3) is 0.412. The number of thiazole rings is 1. The molecule has 0 bridgehead atoms. The zero-order valence-electron chi connectivity index (χ0n) is 13.1. The highest BCUT2D eigenvalue weighted by molar-refractivity contribution is 7.15. The molecule has 0 atom stereocenters. The van der Waals surface area contributed by atoms with Crippen molar-refractivity contribution in [2.45, 2.75) is 39.7 Å². The van der Waals surface area contributed by atoms with Gasteiger partial charge >= 0.3 is 0 Å². The Morgan fingerprint density at radius 3 is 2.73 bits per heavy atom. The maximum atomic E-state index is 11.9. The second-order valence-electron chi connectivity index (χ2n) is 5.02. The summed E-state index contributed by atoms with van der Waals surface area (Å²) in [6.07, 6.45) is 2.97. The number of rotatable bonds is 8. The van der Waals surface area contributed by atoms with Crippen LogP contribution in [0.5, 0.6) is 0 Å². The van der Waals surface area contributed by atoms with Gasteiger partial charge in [-0.3, -0.25) is 10.1 Å². The Balaban J connectivity index is 1.81. The second-order valence-corrected chi connectivity index (χ2v) is 6.10. The third-order valence-electron chi connectivity index (χ3n) is 3.18. The predicted octanol–water partition coefficient (Wildman–Crippen LogP) is 3.81. The highest BCUT2D eigenvalue weighted by Crippen LogP contribution is 2.24. The SMILES string of the molecule is CCCc1nc(NC(=O)COCc2ccccc2)sc1CC. The minimum atomic E-state index is -0.157. The summed E-state index contributed by atoms with van der Waals surface area (Å²) in [5.41, 5.74) is 2.17. The van der Waals surface area contributed by atoms with Gasteiger partial charge in [-0.2, -0.15) is 0 Å². The first-order chi connectivity index (χ1) is 10.7.